The molecule has 0 spiro atoms. The standard InChI is InChI=1S/C12H15BrN6/c1-18(2)11-14-5-8(6-15-11)10-9(13)7-16-12(17-10)19(3)4/h5-7H,1-4H3. The van der Waals surface area contributed by atoms with Crippen LogP contribution < -0.4 is 9.80 Å². The molecule has 0 atom stereocenters. The smallest absolute Gasteiger partial charge is 0.225 e. The Morgan fingerprint density at radius 3 is 1.89 bits per heavy atom. The molecule has 0 saturated carbocycles. The number of anilines is 2. The highest BCUT2D eigenvalue weighted by atomic mass is 79.9. The van der Waals surface area contributed by atoms with Crippen LogP contribution in [0.2, 0.25) is 0 Å². The Bertz CT molecular complexity index is 567. The normalized spacial score (nSPS) is 10.4. The first-order valence-electron chi connectivity index (χ1n) is 5.68. The largest absolute Gasteiger partial charge is 0.347 e. The lowest BCUT2D eigenvalue weighted by Crippen LogP contribution is -2.13. The molecule has 100 valence electrons. The van der Waals surface area contributed by atoms with Gasteiger partial charge in [-0.1, -0.05) is 0 Å². The summed E-state index contributed by atoms with van der Waals surface area (Å²) in [4.78, 5) is 21.0. The quantitative estimate of drug-likeness (QED) is 0.859. The molecular weight excluding hydrogens is 308 g/mol. The zero-order valence-corrected chi connectivity index (χ0v) is 12.9. The van der Waals surface area contributed by atoms with Gasteiger partial charge < -0.3 is 9.80 Å². The van der Waals surface area contributed by atoms with Gasteiger partial charge in [0.25, 0.3) is 0 Å². The van der Waals surface area contributed by atoms with Crippen molar-refractivity contribution in [3.05, 3.63) is 23.1 Å². The number of nitrogens with zero attached hydrogens (tertiary/aromatic N) is 6. The number of aromatic nitrogens is 4. The summed E-state index contributed by atoms with van der Waals surface area (Å²) in [6.07, 6.45) is 5.25. The Balaban J connectivity index is 2.43. The molecule has 6 nitrogen and oxygen atoms in total. The van der Waals surface area contributed by atoms with Gasteiger partial charge in [0.1, 0.15) is 0 Å². The van der Waals surface area contributed by atoms with Gasteiger partial charge in [0.05, 0.1) is 10.2 Å². The first kappa shape index (κ1) is 13.7. The van der Waals surface area contributed by atoms with Crippen molar-refractivity contribution >= 4 is 27.8 Å². The molecule has 0 unspecified atom stereocenters. The Morgan fingerprint density at radius 2 is 1.37 bits per heavy atom. The third-order valence-electron chi connectivity index (χ3n) is 2.44. The molecule has 0 aliphatic heterocycles. The Morgan fingerprint density at radius 1 is 0.842 bits per heavy atom. The third kappa shape index (κ3) is 2.98. The second-order valence-corrected chi connectivity index (χ2v) is 5.28. The fraction of sp³-hybridized carbons (Fsp3) is 0.333. The van der Waals surface area contributed by atoms with Gasteiger partial charge in [-0.05, 0) is 15.9 Å². The average molecular weight is 323 g/mol. The van der Waals surface area contributed by atoms with Gasteiger partial charge in [0, 0.05) is 52.3 Å². The van der Waals surface area contributed by atoms with Gasteiger partial charge in [0.15, 0.2) is 0 Å². The van der Waals surface area contributed by atoms with Crippen LogP contribution in [-0.2, 0) is 0 Å². The van der Waals surface area contributed by atoms with Crippen LogP contribution in [0, 0.1) is 0 Å². The van der Waals surface area contributed by atoms with E-state index in [9.17, 15) is 0 Å². The lowest BCUT2D eigenvalue weighted by atomic mass is 10.2. The van der Waals surface area contributed by atoms with Crippen molar-refractivity contribution in [3.63, 3.8) is 0 Å². The molecule has 0 aromatic carbocycles. The van der Waals surface area contributed by atoms with Crippen LogP contribution in [0.1, 0.15) is 0 Å². The molecule has 2 rings (SSSR count). The van der Waals surface area contributed by atoms with E-state index in [2.05, 4.69) is 35.9 Å². The SMILES string of the molecule is CN(C)c1ncc(-c2nc(N(C)C)ncc2Br)cn1. The summed E-state index contributed by atoms with van der Waals surface area (Å²) in [6.45, 7) is 0. The summed E-state index contributed by atoms with van der Waals surface area (Å²) < 4.78 is 0.819. The highest BCUT2D eigenvalue weighted by molar-refractivity contribution is 9.10. The zero-order chi connectivity index (χ0) is 14.0. The van der Waals surface area contributed by atoms with Crippen molar-refractivity contribution in [1.29, 1.82) is 0 Å². The van der Waals surface area contributed by atoms with Gasteiger partial charge in [0.2, 0.25) is 11.9 Å². The molecule has 0 aliphatic rings. The van der Waals surface area contributed by atoms with Gasteiger partial charge in [-0.3, -0.25) is 0 Å². The molecule has 0 N–H and O–H groups in total. The third-order valence-corrected chi connectivity index (χ3v) is 3.02. The first-order valence-corrected chi connectivity index (χ1v) is 6.48. The molecule has 0 bridgehead atoms. The predicted molar refractivity (Wildman–Crippen MR) is 79.4 cm³/mol. The molecule has 2 aromatic rings. The number of hydrogen-bond acceptors (Lipinski definition) is 6. The Kier molecular flexibility index (Phi) is 3.94. The molecule has 0 radical (unpaired) electrons. The van der Waals surface area contributed by atoms with E-state index in [0.29, 0.717) is 11.9 Å². The minimum Gasteiger partial charge on any atom is -0.347 e. The summed E-state index contributed by atoms with van der Waals surface area (Å²) in [7, 11) is 7.61. The summed E-state index contributed by atoms with van der Waals surface area (Å²) >= 11 is 3.45. The summed E-state index contributed by atoms with van der Waals surface area (Å²) in [5.41, 5.74) is 1.63. The molecule has 0 saturated heterocycles. The second kappa shape index (κ2) is 5.48. The van der Waals surface area contributed by atoms with E-state index < -0.39 is 0 Å². The minimum atomic E-state index is 0.648. The molecular formula is C12H15BrN6. The van der Waals surface area contributed by atoms with E-state index in [1.165, 1.54) is 0 Å². The van der Waals surface area contributed by atoms with Crippen molar-refractivity contribution in [2.24, 2.45) is 0 Å². The summed E-state index contributed by atoms with van der Waals surface area (Å²) in [5, 5.41) is 0. The van der Waals surface area contributed by atoms with Crippen LogP contribution >= 0.6 is 15.9 Å². The van der Waals surface area contributed by atoms with E-state index in [1.54, 1.807) is 18.6 Å². The monoisotopic (exact) mass is 322 g/mol. The van der Waals surface area contributed by atoms with E-state index in [-0.39, 0.29) is 0 Å². The van der Waals surface area contributed by atoms with Crippen molar-refractivity contribution in [2.75, 3.05) is 38.0 Å². The molecule has 19 heavy (non-hydrogen) atoms. The van der Waals surface area contributed by atoms with Crippen LogP contribution in [0.3, 0.4) is 0 Å². The molecule has 7 heteroatoms. The van der Waals surface area contributed by atoms with E-state index in [4.69, 9.17) is 0 Å². The van der Waals surface area contributed by atoms with Gasteiger partial charge >= 0.3 is 0 Å². The fourth-order valence-corrected chi connectivity index (χ4v) is 1.87. The maximum Gasteiger partial charge on any atom is 0.225 e. The van der Waals surface area contributed by atoms with Crippen LogP contribution in [0.5, 0.6) is 0 Å². The van der Waals surface area contributed by atoms with Crippen LogP contribution in [0.25, 0.3) is 11.3 Å². The highest BCUT2D eigenvalue weighted by Crippen LogP contribution is 2.26. The molecule has 2 heterocycles. The number of rotatable bonds is 3. The van der Waals surface area contributed by atoms with Crippen molar-refractivity contribution < 1.29 is 0 Å². The highest BCUT2D eigenvalue weighted by Gasteiger charge is 2.10. The fourth-order valence-electron chi connectivity index (χ4n) is 1.45. The zero-order valence-electron chi connectivity index (χ0n) is 11.3. The number of hydrogen-bond donors (Lipinski definition) is 0. The van der Waals surface area contributed by atoms with Crippen molar-refractivity contribution in [2.45, 2.75) is 0 Å². The van der Waals surface area contributed by atoms with Crippen LogP contribution in [0.4, 0.5) is 11.9 Å². The average Bonchev–Trinajstić information content (AvgIpc) is 2.39. The Labute approximate surface area is 120 Å². The van der Waals surface area contributed by atoms with E-state index >= 15 is 0 Å². The summed E-state index contributed by atoms with van der Waals surface area (Å²) in [6, 6.07) is 0. The number of halogens is 1. The molecule has 0 fully saturated rings. The van der Waals surface area contributed by atoms with E-state index in [1.807, 2.05) is 38.0 Å². The van der Waals surface area contributed by atoms with Crippen LogP contribution in [-0.4, -0.2) is 48.1 Å². The topological polar surface area (TPSA) is 58.0 Å². The Hall–Kier alpha value is -1.76. The maximum atomic E-state index is 4.49. The minimum absolute atomic E-state index is 0.648. The van der Waals surface area contributed by atoms with Crippen molar-refractivity contribution in [1.82, 2.24) is 19.9 Å². The molecule has 0 aliphatic carbocycles. The van der Waals surface area contributed by atoms with Gasteiger partial charge in [-0.2, -0.15) is 0 Å². The molecule has 0 amide bonds. The lowest BCUT2D eigenvalue weighted by molar-refractivity contribution is 0.983. The summed E-state index contributed by atoms with van der Waals surface area (Å²) in [5.74, 6) is 1.32. The first-order chi connectivity index (χ1) is 8.99. The van der Waals surface area contributed by atoms with Gasteiger partial charge in [-0.15, -0.1) is 0 Å². The predicted octanol–water partition coefficient (Wildman–Crippen LogP) is 1.83. The van der Waals surface area contributed by atoms with Crippen LogP contribution in [0.15, 0.2) is 23.1 Å². The van der Waals surface area contributed by atoms with E-state index in [0.717, 1.165) is 15.7 Å². The maximum absolute atomic E-state index is 4.49. The molecule has 2 aromatic heterocycles. The second-order valence-electron chi connectivity index (χ2n) is 4.43. The van der Waals surface area contributed by atoms with Gasteiger partial charge in [-0.25, -0.2) is 19.9 Å². The van der Waals surface area contributed by atoms with Crippen molar-refractivity contribution in [3.8, 4) is 11.3 Å². The lowest BCUT2D eigenvalue weighted by Gasteiger charge is -2.13.